The highest BCUT2D eigenvalue weighted by Gasteiger charge is 2.31. The van der Waals surface area contributed by atoms with E-state index >= 15 is 0 Å². The van der Waals surface area contributed by atoms with E-state index in [2.05, 4.69) is 4.72 Å². The molecule has 0 bridgehead atoms. The van der Waals surface area contributed by atoms with Gasteiger partial charge < -0.3 is 0 Å². The van der Waals surface area contributed by atoms with E-state index < -0.39 is 10.0 Å². The van der Waals surface area contributed by atoms with E-state index in [9.17, 15) is 13.2 Å². The topological polar surface area (TPSA) is 63.2 Å². The molecule has 2 unspecified atom stereocenters. The smallest absolute Gasteiger partial charge is 0.240 e. The largest absolute Gasteiger partial charge is 0.295 e. The van der Waals surface area contributed by atoms with Crippen LogP contribution in [-0.2, 0) is 16.4 Å². The van der Waals surface area contributed by atoms with Gasteiger partial charge in [0.25, 0.3) is 0 Å². The van der Waals surface area contributed by atoms with Crippen molar-refractivity contribution in [1.82, 2.24) is 4.72 Å². The third kappa shape index (κ3) is 4.53. The van der Waals surface area contributed by atoms with Crippen LogP contribution in [0.2, 0.25) is 5.02 Å². The van der Waals surface area contributed by atoms with Crippen LogP contribution in [0.15, 0.2) is 53.4 Å². The summed E-state index contributed by atoms with van der Waals surface area (Å²) in [5.74, 6) is 0.297. The quantitative estimate of drug-likeness (QED) is 0.749. The predicted molar refractivity (Wildman–Crippen MR) is 103 cm³/mol. The van der Waals surface area contributed by atoms with E-state index in [1.165, 1.54) is 12.1 Å². The van der Waals surface area contributed by atoms with Crippen molar-refractivity contribution in [2.75, 3.05) is 0 Å². The van der Waals surface area contributed by atoms with Crippen LogP contribution in [0.25, 0.3) is 0 Å². The summed E-state index contributed by atoms with van der Waals surface area (Å²) in [5.41, 5.74) is 1.82. The Kier molecular flexibility index (Phi) is 5.80. The summed E-state index contributed by atoms with van der Waals surface area (Å²) in [6.45, 7) is 1.55. The Hall–Kier alpha value is -1.69. The minimum Gasteiger partial charge on any atom is -0.295 e. The SMILES string of the molecule is CC(=O)c1ccc(CC2CCCC2NS(=O)(=O)c2ccc(Cl)cc2)cc1. The fraction of sp³-hybridized carbons (Fsp3) is 0.350. The number of nitrogens with one attached hydrogen (secondary N) is 1. The molecular weight excluding hydrogens is 370 g/mol. The molecule has 1 aliphatic carbocycles. The second kappa shape index (κ2) is 7.91. The van der Waals surface area contributed by atoms with Gasteiger partial charge in [0.2, 0.25) is 10.0 Å². The molecule has 0 saturated heterocycles. The standard InChI is InChI=1S/C20H22ClNO3S/c1-14(23)16-7-5-15(6-8-16)13-17-3-2-4-20(17)22-26(24,25)19-11-9-18(21)10-12-19/h5-12,17,20,22H,2-4,13H2,1H3. The van der Waals surface area contributed by atoms with Crippen molar-refractivity contribution < 1.29 is 13.2 Å². The number of hydrogen-bond donors (Lipinski definition) is 1. The Labute approximate surface area is 159 Å². The molecule has 6 heteroatoms. The fourth-order valence-corrected chi connectivity index (χ4v) is 4.96. The number of carbonyl (C=O) groups is 1. The molecule has 2 aromatic rings. The first-order chi connectivity index (χ1) is 12.3. The van der Waals surface area contributed by atoms with E-state index in [1.54, 1.807) is 19.1 Å². The van der Waals surface area contributed by atoms with E-state index in [0.717, 1.165) is 31.2 Å². The van der Waals surface area contributed by atoms with Gasteiger partial charge in [0.1, 0.15) is 0 Å². The molecule has 2 aromatic carbocycles. The maximum Gasteiger partial charge on any atom is 0.240 e. The molecule has 2 atom stereocenters. The lowest BCUT2D eigenvalue weighted by Gasteiger charge is -2.21. The third-order valence-corrected chi connectivity index (χ3v) is 6.71. The zero-order valence-electron chi connectivity index (χ0n) is 14.6. The number of halogens is 1. The number of benzene rings is 2. The second-order valence-corrected chi connectivity index (χ2v) is 8.98. The zero-order chi connectivity index (χ0) is 18.7. The summed E-state index contributed by atoms with van der Waals surface area (Å²) in [6.07, 6.45) is 3.63. The first kappa shape index (κ1) is 19.1. The van der Waals surface area contributed by atoms with E-state index in [1.807, 2.05) is 24.3 Å². The number of sulfonamides is 1. The number of ketones is 1. The molecule has 1 aliphatic rings. The van der Waals surface area contributed by atoms with Gasteiger partial charge in [-0.2, -0.15) is 0 Å². The highest BCUT2D eigenvalue weighted by molar-refractivity contribution is 7.89. The average molecular weight is 392 g/mol. The van der Waals surface area contributed by atoms with Crippen molar-refractivity contribution in [3.05, 3.63) is 64.7 Å². The summed E-state index contributed by atoms with van der Waals surface area (Å²) in [4.78, 5) is 11.6. The first-order valence-corrected chi connectivity index (χ1v) is 10.6. The molecule has 0 radical (unpaired) electrons. The molecule has 0 amide bonds. The number of hydrogen-bond acceptors (Lipinski definition) is 3. The Morgan fingerprint density at radius 1 is 1.08 bits per heavy atom. The van der Waals surface area contributed by atoms with Crippen LogP contribution >= 0.6 is 11.6 Å². The lowest BCUT2D eigenvalue weighted by atomic mass is 9.94. The molecular formula is C20H22ClNO3S. The lowest BCUT2D eigenvalue weighted by Crippen LogP contribution is -2.38. The molecule has 4 nitrogen and oxygen atoms in total. The van der Waals surface area contributed by atoms with Gasteiger partial charge in [0.15, 0.2) is 5.78 Å². The van der Waals surface area contributed by atoms with Crippen LogP contribution in [0.3, 0.4) is 0 Å². The molecule has 138 valence electrons. The average Bonchev–Trinajstić information content (AvgIpc) is 3.02. The molecule has 1 N–H and O–H groups in total. The molecule has 0 aromatic heterocycles. The molecule has 0 aliphatic heterocycles. The Balaban J connectivity index is 1.69. The van der Waals surface area contributed by atoms with Crippen LogP contribution in [0.5, 0.6) is 0 Å². The van der Waals surface area contributed by atoms with E-state index in [0.29, 0.717) is 10.6 Å². The first-order valence-electron chi connectivity index (χ1n) is 8.73. The van der Waals surface area contributed by atoms with Crippen LogP contribution in [-0.4, -0.2) is 20.2 Å². The van der Waals surface area contributed by atoms with Crippen molar-refractivity contribution in [1.29, 1.82) is 0 Å². The van der Waals surface area contributed by atoms with Gasteiger partial charge in [-0.05, 0) is 61.9 Å². The van der Waals surface area contributed by atoms with E-state index in [-0.39, 0.29) is 22.6 Å². The van der Waals surface area contributed by atoms with Gasteiger partial charge >= 0.3 is 0 Å². The summed E-state index contributed by atoms with van der Waals surface area (Å²) in [7, 11) is -3.56. The molecule has 1 saturated carbocycles. The lowest BCUT2D eigenvalue weighted by molar-refractivity contribution is 0.101. The van der Waals surface area contributed by atoms with Crippen molar-refractivity contribution in [2.45, 2.75) is 43.5 Å². The van der Waals surface area contributed by atoms with Crippen molar-refractivity contribution >= 4 is 27.4 Å². The molecule has 26 heavy (non-hydrogen) atoms. The van der Waals surface area contributed by atoms with E-state index in [4.69, 9.17) is 11.6 Å². The fourth-order valence-electron chi connectivity index (χ4n) is 3.50. The van der Waals surface area contributed by atoms with Crippen molar-refractivity contribution in [3.63, 3.8) is 0 Å². The number of rotatable bonds is 6. The maximum absolute atomic E-state index is 12.6. The van der Waals surface area contributed by atoms with Gasteiger partial charge in [-0.1, -0.05) is 42.3 Å². The van der Waals surface area contributed by atoms with Crippen molar-refractivity contribution in [3.8, 4) is 0 Å². The van der Waals surface area contributed by atoms with Gasteiger partial charge in [0.05, 0.1) is 4.90 Å². The van der Waals surface area contributed by atoms with Gasteiger partial charge in [-0.15, -0.1) is 0 Å². The molecule has 3 rings (SSSR count). The van der Waals surface area contributed by atoms with Gasteiger partial charge in [-0.3, -0.25) is 4.79 Å². The Morgan fingerprint density at radius 3 is 2.35 bits per heavy atom. The minimum atomic E-state index is -3.56. The van der Waals surface area contributed by atoms with Crippen LogP contribution in [0, 0.1) is 5.92 Å². The minimum absolute atomic E-state index is 0.0472. The summed E-state index contributed by atoms with van der Waals surface area (Å²) < 4.78 is 28.1. The number of Topliss-reactive ketones (excluding diaryl/α,β-unsaturated/α-hetero) is 1. The summed E-state index contributed by atoms with van der Waals surface area (Å²) in [5, 5.41) is 0.511. The summed E-state index contributed by atoms with van der Waals surface area (Å²) >= 11 is 5.84. The normalized spacial score (nSPS) is 20.2. The number of carbonyl (C=O) groups excluding carboxylic acids is 1. The maximum atomic E-state index is 12.6. The highest BCUT2D eigenvalue weighted by Crippen LogP contribution is 2.30. The summed E-state index contributed by atoms with van der Waals surface area (Å²) in [6, 6.07) is 13.7. The Morgan fingerprint density at radius 2 is 1.73 bits per heavy atom. The van der Waals surface area contributed by atoms with Crippen LogP contribution in [0.4, 0.5) is 0 Å². The van der Waals surface area contributed by atoms with Crippen LogP contribution < -0.4 is 4.72 Å². The Bertz CT molecular complexity index is 876. The molecule has 0 spiro atoms. The third-order valence-electron chi connectivity index (χ3n) is 4.95. The zero-order valence-corrected chi connectivity index (χ0v) is 16.2. The van der Waals surface area contributed by atoms with Gasteiger partial charge in [-0.25, -0.2) is 13.1 Å². The van der Waals surface area contributed by atoms with Crippen molar-refractivity contribution in [2.24, 2.45) is 5.92 Å². The highest BCUT2D eigenvalue weighted by atomic mass is 35.5. The molecule has 1 fully saturated rings. The predicted octanol–water partition coefficient (Wildman–Crippen LogP) is 4.23. The van der Waals surface area contributed by atoms with Gasteiger partial charge in [0, 0.05) is 16.6 Å². The monoisotopic (exact) mass is 391 g/mol. The molecule has 0 heterocycles. The van der Waals surface area contributed by atoms with Crippen LogP contribution in [0.1, 0.15) is 42.1 Å². The second-order valence-electron chi connectivity index (χ2n) is 6.83.